The lowest BCUT2D eigenvalue weighted by atomic mass is 10.2. The Morgan fingerprint density at radius 1 is 1.11 bits per heavy atom. The summed E-state index contributed by atoms with van der Waals surface area (Å²) in [5.41, 5.74) is 0.913. The number of nitriles is 1. The van der Waals surface area contributed by atoms with Gasteiger partial charge in [-0.25, -0.2) is 9.48 Å². The molecule has 7 nitrogen and oxygen atoms in total. The van der Waals surface area contributed by atoms with Crippen LogP contribution in [0.4, 0.5) is 0 Å². The van der Waals surface area contributed by atoms with Crippen LogP contribution in [0.15, 0.2) is 65.5 Å². The summed E-state index contributed by atoms with van der Waals surface area (Å²) in [6.07, 6.45) is 0. The standard InChI is InChI=1S/C20H15N3O4/c1-26-18-11-15(12-21)7-9-17(18)27-20(25)16-8-10-19(24)23(22-16)13-14-5-3-2-4-6-14/h2-11H,13H2,1H3. The number of hydrogen-bond acceptors (Lipinski definition) is 6. The van der Waals surface area contributed by atoms with Crippen LogP contribution in [0.25, 0.3) is 0 Å². The molecule has 1 aromatic heterocycles. The molecule has 1 heterocycles. The van der Waals surface area contributed by atoms with E-state index in [1.807, 2.05) is 36.4 Å². The van der Waals surface area contributed by atoms with E-state index >= 15 is 0 Å². The van der Waals surface area contributed by atoms with Crippen LogP contribution < -0.4 is 15.0 Å². The maximum atomic E-state index is 12.4. The lowest BCUT2D eigenvalue weighted by Crippen LogP contribution is -2.26. The number of carbonyl (C=O) groups excluding carboxylic acids is 1. The summed E-state index contributed by atoms with van der Waals surface area (Å²) in [7, 11) is 1.41. The molecule has 0 saturated carbocycles. The Hall–Kier alpha value is -3.92. The first-order valence-corrected chi connectivity index (χ1v) is 8.03. The van der Waals surface area contributed by atoms with Gasteiger partial charge in [-0.05, 0) is 23.8 Å². The van der Waals surface area contributed by atoms with E-state index in [9.17, 15) is 9.59 Å². The Morgan fingerprint density at radius 3 is 2.59 bits per heavy atom. The first kappa shape index (κ1) is 17.9. The highest BCUT2D eigenvalue weighted by atomic mass is 16.6. The van der Waals surface area contributed by atoms with Crippen LogP contribution in [0, 0.1) is 11.3 Å². The minimum Gasteiger partial charge on any atom is -0.493 e. The third kappa shape index (κ3) is 4.19. The van der Waals surface area contributed by atoms with Gasteiger partial charge in [-0.1, -0.05) is 30.3 Å². The first-order valence-electron chi connectivity index (χ1n) is 8.03. The van der Waals surface area contributed by atoms with Gasteiger partial charge in [0, 0.05) is 12.1 Å². The number of esters is 1. The highest BCUT2D eigenvalue weighted by Gasteiger charge is 2.16. The van der Waals surface area contributed by atoms with Crippen molar-refractivity contribution in [2.45, 2.75) is 6.54 Å². The zero-order valence-corrected chi connectivity index (χ0v) is 14.5. The summed E-state index contributed by atoms with van der Waals surface area (Å²) < 4.78 is 11.7. The van der Waals surface area contributed by atoms with Crippen molar-refractivity contribution < 1.29 is 14.3 Å². The number of hydrogen-bond donors (Lipinski definition) is 0. The molecule has 0 spiro atoms. The van der Waals surface area contributed by atoms with Crippen molar-refractivity contribution in [1.29, 1.82) is 5.26 Å². The molecule has 0 unspecified atom stereocenters. The minimum atomic E-state index is -0.736. The molecule has 3 aromatic rings. The van der Waals surface area contributed by atoms with Gasteiger partial charge in [-0.3, -0.25) is 4.79 Å². The zero-order valence-electron chi connectivity index (χ0n) is 14.5. The topological polar surface area (TPSA) is 94.2 Å². The van der Waals surface area contributed by atoms with E-state index in [1.54, 1.807) is 0 Å². The molecule has 0 bridgehead atoms. The predicted molar refractivity (Wildman–Crippen MR) is 96.7 cm³/mol. The quantitative estimate of drug-likeness (QED) is 0.512. The number of methoxy groups -OCH3 is 1. The smallest absolute Gasteiger partial charge is 0.364 e. The van der Waals surface area contributed by atoms with Crippen LogP contribution in [-0.4, -0.2) is 22.9 Å². The fourth-order valence-electron chi connectivity index (χ4n) is 2.40. The van der Waals surface area contributed by atoms with E-state index in [-0.39, 0.29) is 29.3 Å². The van der Waals surface area contributed by atoms with Crippen molar-refractivity contribution in [3.8, 4) is 17.6 Å². The molecular weight excluding hydrogens is 346 g/mol. The van der Waals surface area contributed by atoms with Gasteiger partial charge in [0.1, 0.15) is 0 Å². The third-order valence-corrected chi connectivity index (χ3v) is 3.75. The second-order valence-electron chi connectivity index (χ2n) is 5.57. The first-order chi connectivity index (χ1) is 13.1. The molecule has 0 N–H and O–H groups in total. The largest absolute Gasteiger partial charge is 0.493 e. The Morgan fingerprint density at radius 2 is 1.89 bits per heavy atom. The third-order valence-electron chi connectivity index (χ3n) is 3.75. The van der Waals surface area contributed by atoms with Gasteiger partial charge in [-0.2, -0.15) is 10.4 Å². The monoisotopic (exact) mass is 361 g/mol. The number of ether oxygens (including phenoxy) is 2. The molecule has 0 aliphatic rings. The number of nitrogens with zero attached hydrogens (tertiary/aromatic N) is 3. The summed E-state index contributed by atoms with van der Waals surface area (Å²) in [6.45, 7) is 0.237. The van der Waals surface area contributed by atoms with Gasteiger partial charge in [0.25, 0.3) is 5.56 Å². The molecule has 0 radical (unpaired) electrons. The zero-order chi connectivity index (χ0) is 19.2. The van der Waals surface area contributed by atoms with Crippen molar-refractivity contribution in [2.24, 2.45) is 0 Å². The van der Waals surface area contributed by atoms with E-state index in [1.165, 1.54) is 42.1 Å². The fraction of sp³-hybridized carbons (Fsp3) is 0.100. The number of carbonyl (C=O) groups is 1. The summed E-state index contributed by atoms with van der Waals surface area (Å²) in [4.78, 5) is 24.5. The van der Waals surface area contributed by atoms with Gasteiger partial charge >= 0.3 is 5.97 Å². The molecule has 0 fully saturated rings. The van der Waals surface area contributed by atoms with E-state index in [0.29, 0.717) is 5.56 Å². The summed E-state index contributed by atoms with van der Waals surface area (Å²) in [6, 6.07) is 18.3. The molecule has 7 heteroatoms. The number of aromatic nitrogens is 2. The average molecular weight is 361 g/mol. The molecule has 0 aliphatic heterocycles. The fourth-order valence-corrected chi connectivity index (χ4v) is 2.40. The molecule has 0 atom stereocenters. The minimum absolute atomic E-state index is 0.0167. The van der Waals surface area contributed by atoms with Gasteiger partial charge in [0.15, 0.2) is 17.2 Å². The summed E-state index contributed by atoms with van der Waals surface area (Å²) >= 11 is 0. The lowest BCUT2D eigenvalue weighted by Gasteiger charge is -2.10. The second kappa shape index (κ2) is 7.97. The molecule has 134 valence electrons. The van der Waals surface area contributed by atoms with Crippen molar-refractivity contribution in [2.75, 3.05) is 7.11 Å². The predicted octanol–water partition coefficient (Wildman–Crippen LogP) is 2.39. The van der Waals surface area contributed by atoms with Gasteiger partial charge in [0.2, 0.25) is 0 Å². The SMILES string of the molecule is COc1cc(C#N)ccc1OC(=O)c1ccc(=O)n(Cc2ccccc2)n1. The normalized spacial score (nSPS) is 10.1. The number of benzene rings is 2. The Balaban J connectivity index is 1.84. The summed E-state index contributed by atoms with van der Waals surface area (Å²) in [5, 5.41) is 13.0. The Bertz CT molecular complexity index is 1070. The van der Waals surface area contributed by atoms with E-state index in [4.69, 9.17) is 14.7 Å². The average Bonchev–Trinajstić information content (AvgIpc) is 2.70. The van der Waals surface area contributed by atoms with Gasteiger partial charge in [0.05, 0.1) is 25.3 Å². The van der Waals surface area contributed by atoms with E-state index in [0.717, 1.165) is 5.56 Å². The second-order valence-corrected chi connectivity index (χ2v) is 5.57. The lowest BCUT2D eigenvalue weighted by molar-refractivity contribution is 0.0720. The van der Waals surface area contributed by atoms with Crippen LogP contribution in [0.2, 0.25) is 0 Å². The van der Waals surface area contributed by atoms with Crippen molar-refractivity contribution in [1.82, 2.24) is 9.78 Å². The van der Waals surface area contributed by atoms with Gasteiger partial charge < -0.3 is 9.47 Å². The van der Waals surface area contributed by atoms with Crippen molar-refractivity contribution in [3.63, 3.8) is 0 Å². The molecule has 0 saturated heterocycles. The van der Waals surface area contributed by atoms with Crippen LogP contribution in [0.1, 0.15) is 21.6 Å². The van der Waals surface area contributed by atoms with Crippen LogP contribution in [-0.2, 0) is 6.54 Å². The summed E-state index contributed by atoms with van der Waals surface area (Å²) in [5.74, 6) is -0.330. The van der Waals surface area contributed by atoms with Crippen molar-refractivity contribution >= 4 is 5.97 Å². The Labute approximate surface area is 155 Å². The van der Waals surface area contributed by atoms with E-state index in [2.05, 4.69) is 5.10 Å². The molecule has 0 aliphatic carbocycles. The maximum absolute atomic E-state index is 12.4. The van der Waals surface area contributed by atoms with Crippen LogP contribution >= 0.6 is 0 Å². The Kier molecular flexibility index (Phi) is 5.28. The maximum Gasteiger partial charge on any atom is 0.364 e. The van der Waals surface area contributed by atoms with E-state index < -0.39 is 5.97 Å². The van der Waals surface area contributed by atoms with Crippen molar-refractivity contribution in [3.05, 3.63) is 87.8 Å². The van der Waals surface area contributed by atoms with Crippen LogP contribution in [0.3, 0.4) is 0 Å². The highest BCUT2D eigenvalue weighted by molar-refractivity contribution is 5.89. The van der Waals surface area contributed by atoms with Gasteiger partial charge in [-0.15, -0.1) is 0 Å². The molecule has 27 heavy (non-hydrogen) atoms. The van der Waals surface area contributed by atoms with Crippen LogP contribution in [0.5, 0.6) is 11.5 Å². The number of rotatable bonds is 5. The molecule has 0 amide bonds. The molecule has 3 rings (SSSR count). The molecule has 2 aromatic carbocycles. The molecular formula is C20H15N3O4. The highest BCUT2D eigenvalue weighted by Crippen LogP contribution is 2.28.